The molecule has 3 aromatic carbocycles. The molecule has 0 spiro atoms. The predicted molar refractivity (Wildman–Crippen MR) is 87.7 cm³/mol. The lowest BCUT2D eigenvalue weighted by Crippen LogP contribution is -2.14. The molecule has 0 atom stereocenters. The highest BCUT2D eigenvalue weighted by molar-refractivity contribution is 6.30. The van der Waals surface area contributed by atoms with Crippen LogP contribution in [-0.4, -0.2) is 5.91 Å². The van der Waals surface area contributed by atoms with Crippen molar-refractivity contribution in [1.82, 2.24) is 0 Å². The van der Waals surface area contributed by atoms with Crippen LogP contribution in [0.2, 0.25) is 5.02 Å². The Bertz CT molecular complexity index is 793. The normalized spacial score (nSPS) is 10.5. The fourth-order valence-electron chi connectivity index (χ4n) is 2.39. The lowest BCUT2D eigenvalue weighted by molar-refractivity contribution is -0.115. The molecule has 0 aliphatic rings. The van der Waals surface area contributed by atoms with Gasteiger partial charge in [-0.05, 0) is 34.5 Å². The van der Waals surface area contributed by atoms with Crippen LogP contribution in [0.1, 0.15) is 5.56 Å². The fourth-order valence-corrected chi connectivity index (χ4v) is 2.58. The Balaban J connectivity index is 1.80. The molecule has 0 aliphatic carbocycles. The molecule has 0 radical (unpaired) electrons. The van der Waals surface area contributed by atoms with E-state index >= 15 is 0 Å². The van der Waals surface area contributed by atoms with Crippen molar-refractivity contribution in [2.45, 2.75) is 6.42 Å². The number of hydrogen-bond donors (Lipinski definition) is 1. The van der Waals surface area contributed by atoms with E-state index in [2.05, 4.69) is 5.32 Å². The van der Waals surface area contributed by atoms with Crippen LogP contribution < -0.4 is 5.32 Å². The van der Waals surface area contributed by atoms with E-state index in [-0.39, 0.29) is 5.91 Å². The van der Waals surface area contributed by atoms with E-state index in [0.29, 0.717) is 17.1 Å². The molecule has 1 N–H and O–H groups in total. The monoisotopic (exact) mass is 295 g/mol. The number of anilines is 1. The topological polar surface area (TPSA) is 29.1 Å². The van der Waals surface area contributed by atoms with Gasteiger partial charge >= 0.3 is 0 Å². The first-order valence-electron chi connectivity index (χ1n) is 6.74. The Labute approximate surface area is 128 Å². The van der Waals surface area contributed by atoms with Crippen LogP contribution in [0, 0.1) is 0 Å². The van der Waals surface area contributed by atoms with E-state index in [1.807, 2.05) is 54.6 Å². The number of carbonyl (C=O) groups is 1. The number of benzene rings is 3. The van der Waals surface area contributed by atoms with E-state index in [1.165, 1.54) is 0 Å². The Morgan fingerprint density at radius 1 is 0.952 bits per heavy atom. The van der Waals surface area contributed by atoms with Crippen molar-refractivity contribution in [2.75, 3.05) is 5.32 Å². The van der Waals surface area contributed by atoms with E-state index in [1.54, 1.807) is 12.1 Å². The van der Waals surface area contributed by atoms with Crippen molar-refractivity contribution in [1.29, 1.82) is 0 Å². The minimum Gasteiger partial charge on any atom is -0.326 e. The zero-order chi connectivity index (χ0) is 14.7. The highest BCUT2D eigenvalue weighted by Crippen LogP contribution is 2.20. The van der Waals surface area contributed by atoms with Crippen LogP contribution in [0.3, 0.4) is 0 Å². The fraction of sp³-hybridized carbons (Fsp3) is 0.0556. The van der Waals surface area contributed by atoms with Crippen LogP contribution in [-0.2, 0) is 11.2 Å². The number of rotatable bonds is 3. The Morgan fingerprint density at radius 2 is 1.71 bits per heavy atom. The van der Waals surface area contributed by atoms with E-state index in [4.69, 9.17) is 11.6 Å². The van der Waals surface area contributed by atoms with Gasteiger partial charge in [0.25, 0.3) is 0 Å². The van der Waals surface area contributed by atoms with Crippen molar-refractivity contribution in [3.63, 3.8) is 0 Å². The number of nitrogens with one attached hydrogen (secondary N) is 1. The SMILES string of the molecule is O=C(Cc1cccc2ccccc12)Nc1cccc(Cl)c1. The van der Waals surface area contributed by atoms with Gasteiger partial charge in [0.2, 0.25) is 5.91 Å². The van der Waals surface area contributed by atoms with E-state index in [9.17, 15) is 4.79 Å². The minimum atomic E-state index is -0.0476. The van der Waals surface area contributed by atoms with Gasteiger partial charge in [0.15, 0.2) is 0 Å². The zero-order valence-electron chi connectivity index (χ0n) is 11.3. The van der Waals surface area contributed by atoms with E-state index < -0.39 is 0 Å². The molecule has 0 fully saturated rings. The molecule has 0 heterocycles. The average Bonchev–Trinajstić information content (AvgIpc) is 2.47. The van der Waals surface area contributed by atoms with Gasteiger partial charge in [-0.1, -0.05) is 60.1 Å². The summed E-state index contributed by atoms with van der Waals surface area (Å²) >= 11 is 5.92. The number of carbonyl (C=O) groups excluding carboxylic acids is 1. The maximum Gasteiger partial charge on any atom is 0.228 e. The van der Waals surface area contributed by atoms with Gasteiger partial charge in [0.1, 0.15) is 0 Å². The average molecular weight is 296 g/mol. The second-order valence-corrected chi connectivity index (χ2v) is 5.31. The van der Waals surface area contributed by atoms with Gasteiger partial charge in [0, 0.05) is 10.7 Å². The zero-order valence-corrected chi connectivity index (χ0v) is 12.1. The quantitative estimate of drug-likeness (QED) is 0.747. The maximum atomic E-state index is 12.2. The van der Waals surface area contributed by atoms with Crippen LogP contribution in [0.15, 0.2) is 66.7 Å². The summed E-state index contributed by atoms with van der Waals surface area (Å²) in [6, 6.07) is 21.2. The maximum absolute atomic E-state index is 12.2. The summed E-state index contributed by atoms with van der Waals surface area (Å²) < 4.78 is 0. The van der Waals surface area contributed by atoms with Crippen molar-refractivity contribution in [3.05, 3.63) is 77.3 Å². The van der Waals surface area contributed by atoms with Gasteiger partial charge in [-0.2, -0.15) is 0 Å². The number of amides is 1. The Kier molecular flexibility index (Phi) is 3.89. The molecule has 0 saturated heterocycles. The first-order chi connectivity index (χ1) is 10.2. The molecule has 0 aliphatic heterocycles. The molecule has 1 amide bonds. The molecule has 3 rings (SSSR count). The lowest BCUT2D eigenvalue weighted by Gasteiger charge is -2.08. The van der Waals surface area contributed by atoms with Crippen LogP contribution in [0.25, 0.3) is 10.8 Å². The summed E-state index contributed by atoms with van der Waals surface area (Å²) in [7, 11) is 0. The Hall–Kier alpha value is -2.32. The summed E-state index contributed by atoms with van der Waals surface area (Å²) in [5, 5.41) is 5.74. The van der Waals surface area contributed by atoms with Gasteiger partial charge in [-0.25, -0.2) is 0 Å². The van der Waals surface area contributed by atoms with Crippen LogP contribution in [0.5, 0.6) is 0 Å². The largest absolute Gasteiger partial charge is 0.326 e. The summed E-state index contributed by atoms with van der Waals surface area (Å²) in [4.78, 5) is 12.2. The molecule has 0 unspecified atom stereocenters. The van der Waals surface area contributed by atoms with Crippen molar-refractivity contribution >= 4 is 34.0 Å². The third-order valence-corrected chi connectivity index (χ3v) is 3.57. The van der Waals surface area contributed by atoms with Gasteiger partial charge in [-0.15, -0.1) is 0 Å². The third-order valence-electron chi connectivity index (χ3n) is 3.34. The van der Waals surface area contributed by atoms with Crippen LogP contribution in [0.4, 0.5) is 5.69 Å². The molecular weight excluding hydrogens is 282 g/mol. The highest BCUT2D eigenvalue weighted by Gasteiger charge is 2.07. The lowest BCUT2D eigenvalue weighted by atomic mass is 10.0. The first-order valence-corrected chi connectivity index (χ1v) is 7.12. The van der Waals surface area contributed by atoms with Crippen molar-refractivity contribution in [3.8, 4) is 0 Å². The summed E-state index contributed by atoms with van der Waals surface area (Å²) in [5.74, 6) is -0.0476. The summed E-state index contributed by atoms with van der Waals surface area (Å²) in [6.45, 7) is 0. The third kappa shape index (κ3) is 3.23. The summed E-state index contributed by atoms with van der Waals surface area (Å²) in [5.41, 5.74) is 1.74. The molecule has 0 bridgehead atoms. The number of hydrogen-bond acceptors (Lipinski definition) is 1. The van der Waals surface area contributed by atoms with Crippen molar-refractivity contribution in [2.24, 2.45) is 0 Å². The molecule has 3 heteroatoms. The van der Waals surface area contributed by atoms with E-state index in [0.717, 1.165) is 16.3 Å². The standard InChI is InChI=1S/C18H14ClNO/c19-15-8-4-9-16(12-15)20-18(21)11-14-7-3-6-13-5-1-2-10-17(13)14/h1-10,12H,11H2,(H,20,21). The molecule has 0 saturated carbocycles. The van der Waals surface area contributed by atoms with Crippen LogP contribution >= 0.6 is 11.6 Å². The highest BCUT2D eigenvalue weighted by atomic mass is 35.5. The molecule has 21 heavy (non-hydrogen) atoms. The van der Waals surface area contributed by atoms with Gasteiger partial charge in [0.05, 0.1) is 6.42 Å². The number of halogens is 1. The summed E-state index contributed by atoms with van der Waals surface area (Å²) in [6.07, 6.45) is 0.341. The molecule has 104 valence electrons. The number of fused-ring (bicyclic) bond motifs is 1. The Morgan fingerprint density at radius 3 is 2.57 bits per heavy atom. The molecule has 0 aromatic heterocycles. The second kappa shape index (κ2) is 5.98. The van der Waals surface area contributed by atoms with Gasteiger partial charge in [-0.3, -0.25) is 4.79 Å². The van der Waals surface area contributed by atoms with Gasteiger partial charge < -0.3 is 5.32 Å². The second-order valence-electron chi connectivity index (χ2n) is 4.87. The first kappa shape index (κ1) is 13.7. The predicted octanol–water partition coefficient (Wildman–Crippen LogP) is 4.67. The smallest absolute Gasteiger partial charge is 0.228 e. The molecule has 3 aromatic rings. The molecular formula is C18H14ClNO. The minimum absolute atomic E-state index is 0.0476. The molecule has 2 nitrogen and oxygen atoms in total. The van der Waals surface area contributed by atoms with Crippen molar-refractivity contribution < 1.29 is 4.79 Å².